The van der Waals surface area contributed by atoms with Gasteiger partial charge in [0.15, 0.2) is 0 Å². The van der Waals surface area contributed by atoms with E-state index in [1.54, 1.807) is 12.3 Å². The molecule has 2 saturated heterocycles. The molecular formula is C20H29N9O2. The minimum atomic E-state index is -0.288. The van der Waals surface area contributed by atoms with Gasteiger partial charge in [0.1, 0.15) is 5.69 Å². The van der Waals surface area contributed by atoms with Gasteiger partial charge in [-0.05, 0) is 63.7 Å². The molecule has 2 atom stereocenters. The van der Waals surface area contributed by atoms with Gasteiger partial charge in [-0.1, -0.05) is 5.10 Å². The lowest BCUT2D eigenvalue weighted by Gasteiger charge is -2.39. The van der Waals surface area contributed by atoms with Crippen LogP contribution < -0.4 is 15.2 Å². The molecule has 1 aromatic heterocycles. The number of aromatic nitrogens is 4. The predicted octanol–water partition coefficient (Wildman–Crippen LogP) is 3.31. The van der Waals surface area contributed by atoms with E-state index in [1.807, 2.05) is 6.07 Å². The summed E-state index contributed by atoms with van der Waals surface area (Å²) in [5.41, 5.74) is 5.19. The summed E-state index contributed by atoms with van der Waals surface area (Å²) in [6.07, 6.45) is 8.26. The van der Waals surface area contributed by atoms with E-state index in [0.717, 1.165) is 50.9 Å². The quantitative estimate of drug-likeness (QED) is 0.408. The molecule has 1 aromatic carbocycles. The fourth-order valence-electron chi connectivity index (χ4n) is 4.59. The number of anilines is 3. The summed E-state index contributed by atoms with van der Waals surface area (Å²) < 4.78 is 0. The molecule has 2 N–H and O–H groups in total. The normalized spacial score (nSPS) is 22.1. The van der Waals surface area contributed by atoms with Crippen molar-refractivity contribution in [3.05, 3.63) is 27.8 Å². The summed E-state index contributed by atoms with van der Waals surface area (Å²) in [7, 11) is 0. The van der Waals surface area contributed by atoms with Gasteiger partial charge in [-0.3, -0.25) is 10.1 Å². The molecule has 2 aliphatic heterocycles. The molecule has 0 unspecified atom stereocenters. The van der Waals surface area contributed by atoms with E-state index in [2.05, 4.69) is 54.8 Å². The van der Waals surface area contributed by atoms with Crippen LogP contribution in [-0.4, -0.2) is 56.9 Å². The predicted molar refractivity (Wildman–Crippen MR) is 120 cm³/mol. The molecule has 0 bridgehead atoms. The first-order chi connectivity index (χ1) is 15.0. The summed E-state index contributed by atoms with van der Waals surface area (Å²) in [6.45, 7) is 6.12. The van der Waals surface area contributed by atoms with E-state index in [9.17, 15) is 10.1 Å². The topological polar surface area (TPSA) is 128 Å². The number of nitro benzene ring substituents is 1. The largest absolute Gasteiger partial charge is 0.368 e. The first-order valence-corrected chi connectivity index (χ1v) is 10.9. The lowest BCUT2D eigenvalue weighted by Crippen LogP contribution is -2.40. The third-order valence-electron chi connectivity index (χ3n) is 6.26. The van der Waals surface area contributed by atoms with Crippen LogP contribution in [0.2, 0.25) is 0 Å². The Kier molecular flexibility index (Phi) is 6.28. The first kappa shape index (κ1) is 21.0. The summed E-state index contributed by atoms with van der Waals surface area (Å²) in [4.78, 5) is 16.3. The number of aromatic amines is 1. The number of hydrogen-bond donors (Lipinski definition) is 2. The van der Waals surface area contributed by atoms with Gasteiger partial charge >= 0.3 is 0 Å². The molecule has 11 nitrogen and oxygen atoms in total. The van der Waals surface area contributed by atoms with E-state index in [0.29, 0.717) is 17.3 Å². The molecule has 4 rings (SSSR count). The Hall–Kier alpha value is -3.24. The number of hydrogen-bond acceptors (Lipinski definition) is 9. The fourth-order valence-corrected chi connectivity index (χ4v) is 4.59. The van der Waals surface area contributed by atoms with Crippen LogP contribution in [0.4, 0.5) is 23.0 Å². The fraction of sp³-hybridized carbons (Fsp3) is 0.600. The van der Waals surface area contributed by atoms with Crippen LogP contribution in [0.15, 0.2) is 17.2 Å². The molecule has 166 valence electrons. The van der Waals surface area contributed by atoms with Crippen LogP contribution in [0, 0.1) is 10.1 Å². The second kappa shape index (κ2) is 9.27. The molecule has 0 radical (unpaired) electrons. The van der Waals surface area contributed by atoms with Gasteiger partial charge in [0.05, 0.1) is 11.1 Å². The van der Waals surface area contributed by atoms with E-state index in [-0.39, 0.29) is 22.6 Å². The number of benzene rings is 1. The zero-order valence-electron chi connectivity index (χ0n) is 18.0. The highest BCUT2D eigenvalue weighted by molar-refractivity contribution is 5.92. The maximum atomic E-state index is 12.0. The number of hydrazone groups is 1. The highest BCUT2D eigenvalue weighted by atomic mass is 16.6. The van der Waals surface area contributed by atoms with E-state index in [1.165, 1.54) is 6.42 Å². The minimum Gasteiger partial charge on any atom is -0.368 e. The number of nitrogens with zero attached hydrogens (tertiary/aromatic N) is 7. The van der Waals surface area contributed by atoms with Gasteiger partial charge in [-0.25, -0.2) is 5.43 Å². The second-order valence-electron chi connectivity index (χ2n) is 8.34. The molecule has 0 amide bonds. The standard InChI is InChI=1S/C20H29N9O2/c1-14-7-3-5-9-27(14)17-12-18(28-10-6-4-8-15(28)2)19(29(30)31)11-16(17)13-21-22-20-23-25-26-24-20/h11-15H,3-10H2,1-2H3,(H2,22,23,24,25,26)/b21-13-/t14-,15+/m0/s1. The smallest absolute Gasteiger partial charge is 0.293 e. The SMILES string of the molecule is C[C@@H]1CCCCN1c1cc(N2CCCC[C@@H]2C)c(/C=N\Nc2nn[nH]n2)cc1[N+](=O)[O-]. The molecule has 31 heavy (non-hydrogen) atoms. The van der Waals surface area contributed by atoms with Crippen LogP contribution >= 0.6 is 0 Å². The Morgan fingerprint density at radius 2 is 1.81 bits per heavy atom. The van der Waals surface area contributed by atoms with Crippen molar-refractivity contribution in [2.75, 3.05) is 28.3 Å². The van der Waals surface area contributed by atoms with Crippen molar-refractivity contribution in [3.63, 3.8) is 0 Å². The average molecular weight is 428 g/mol. The zero-order chi connectivity index (χ0) is 21.8. The summed E-state index contributed by atoms with van der Waals surface area (Å²) in [6, 6.07) is 4.28. The Balaban J connectivity index is 1.76. The van der Waals surface area contributed by atoms with Crippen molar-refractivity contribution in [3.8, 4) is 0 Å². The minimum absolute atomic E-state index is 0.114. The highest BCUT2D eigenvalue weighted by Gasteiger charge is 2.30. The van der Waals surface area contributed by atoms with Crippen molar-refractivity contribution >= 4 is 29.2 Å². The second-order valence-corrected chi connectivity index (χ2v) is 8.34. The van der Waals surface area contributed by atoms with Crippen LogP contribution in [0.3, 0.4) is 0 Å². The van der Waals surface area contributed by atoms with Crippen molar-refractivity contribution in [1.82, 2.24) is 20.6 Å². The first-order valence-electron chi connectivity index (χ1n) is 10.9. The molecule has 0 spiro atoms. The Labute approximate surface area is 181 Å². The number of piperidine rings is 2. The molecule has 3 heterocycles. The van der Waals surface area contributed by atoms with Gasteiger partial charge in [0.25, 0.3) is 11.6 Å². The maximum absolute atomic E-state index is 12.0. The molecule has 11 heteroatoms. The molecule has 2 fully saturated rings. The Morgan fingerprint density at radius 1 is 1.13 bits per heavy atom. The van der Waals surface area contributed by atoms with E-state index >= 15 is 0 Å². The van der Waals surface area contributed by atoms with Crippen LogP contribution in [0.25, 0.3) is 0 Å². The van der Waals surface area contributed by atoms with Gasteiger partial charge in [0, 0.05) is 42.5 Å². The van der Waals surface area contributed by atoms with Gasteiger partial charge in [0.2, 0.25) is 0 Å². The van der Waals surface area contributed by atoms with Crippen molar-refractivity contribution in [1.29, 1.82) is 0 Å². The van der Waals surface area contributed by atoms with Crippen LogP contribution in [0.5, 0.6) is 0 Å². The number of nitro groups is 1. The summed E-state index contributed by atoms with van der Waals surface area (Å²) in [5, 5.41) is 29.6. The lowest BCUT2D eigenvalue weighted by atomic mass is 9.98. The molecule has 0 saturated carbocycles. The number of nitrogens with one attached hydrogen (secondary N) is 2. The van der Waals surface area contributed by atoms with Crippen molar-refractivity contribution in [2.45, 2.75) is 64.5 Å². The Bertz CT molecular complexity index is 931. The van der Waals surface area contributed by atoms with Gasteiger partial charge < -0.3 is 9.80 Å². The number of rotatable bonds is 6. The van der Waals surface area contributed by atoms with Gasteiger partial charge in [-0.15, -0.1) is 5.10 Å². The highest BCUT2D eigenvalue weighted by Crippen LogP contribution is 2.39. The van der Waals surface area contributed by atoms with E-state index < -0.39 is 0 Å². The summed E-state index contributed by atoms with van der Waals surface area (Å²) in [5.74, 6) is 0.234. The molecule has 2 aromatic rings. The van der Waals surface area contributed by atoms with E-state index in [4.69, 9.17) is 0 Å². The van der Waals surface area contributed by atoms with Crippen molar-refractivity contribution < 1.29 is 4.92 Å². The van der Waals surface area contributed by atoms with Crippen molar-refractivity contribution in [2.24, 2.45) is 5.10 Å². The van der Waals surface area contributed by atoms with Crippen LogP contribution in [0.1, 0.15) is 57.9 Å². The van der Waals surface area contributed by atoms with Gasteiger partial charge in [-0.2, -0.15) is 10.3 Å². The summed E-state index contributed by atoms with van der Waals surface area (Å²) >= 11 is 0. The zero-order valence-corrected chi connectivity index (χ0v) is 18.0. The third kappa shape index (κ3) is 4.59. The molecule has 0 aliphatic carbocycles. The Morgan fingerprint density at radius 3 is 2.39 bits per heavy atom. The average Bonchev–Trinajstić information content (AvgIpc) is 3.28. The molecular weight excluding hydrogens is 398 g/mol. The molecule has 2 aliphatic rings. The third-order valence-corrected chi connectivity index (χ3v) is 6.26. The maximum Gasteiger partial charge on any atom is 0.293 e. The van der Waals surface area contributed by atoms with Crippen LogP contribution in [-0.2, 0) is 0 Å². The monoisotopic (exact) mass is 427 g/mol. The number of tetrazole rings is 1. The number of H-pyrrole nitrogens is 1. The lowest BCUT2D eigenvalue weighted by molar-refractivity contribution is -0.384.